The van der Waals surface area contributed by atoms with E-state index in [2.05, 4.69) is 0 Å². The average molecular weight is 183 g/mol. The van der Waals surface area contributed by atoms with Crippen molar-refractivity contribution in [1.82, 2.24) is 0 Å². The molecule has 0 saturated carbocycles. The molecule has 0 saturated heterocycles. The van der Waals surface area contributed by atoms with Crippen molar-refractivity contribution in [2.24, 2.45) is 0 Å². The van der Waals surface area contributed by atoms with Crippen molar-refractivity contribution < 1.29 is 14.3 Å². The summed E-state index contributed by atoms with van der Waals surface area (Å²) in [5, 5.41) is 8.64. The van der Waals surface area contributed by atoms with E-state index in [4.69, 9.17) is 10.8 Å². The Hall–Kier alpha value is -1.58. The van der Waals surface area contributed by atoms with E-state index >= 15 is 0 Å². The fourth-order valence-corrected chi connectivity index (χ4v) is 1.04. The SMILES string of the molecule is CC(C(=O)O)c1cccc(N)c1F. The van der Waals surface area contributed by atoms with E-state index < -0.39 is 17.7 Å². The Morgan fingerprint density at radius 2 is 2.23 bits per heavy atom. The lowest BCUT2D eigenvalue weighted by Crippen LogP contribution is -2.10. The highest BCUT2D eigenvalue weighted by molar-refractivity contribution is 5.76. The number of benzene rings is 1. The number of halogens is 1. The van der Waals surface area contributed by atoms with E-state index in [1.165, 1.54) is 25.1 Å². The Morgan fingerprint density at radius 3 is 2.77 bits per heavy atom. The molecule has 1 aromatic carbocycles. The van der Waals surface area contributed by atoms with Crippen LogP contribution in [0.25, 0.3) is 0 Å². The highest BCUT2D eigenvalue weighted by atomic mass is 19.1. The third-order valence-corrected chi connectivity index (χ3v) is 1.90. The number of carbonyl (C=O) groups is 1. The second-order valence-electron chi connectivity index (χ2n) is 2.81. The van der Waals surface area contributed by atoms with Gasteiger partial charge in [-0.25, -0.2) is 4.39 Å². The van der Waals surface area contributed by atoms with Crippen molar-refractivity contribution in [3.05, 3.63) is 29.6 Å². The number of anilines is 1. The zero-order valence-electron chi connectivity index (χ0n) is 7.12. The second-order valence-corrected chi connectivity index (χ2v) is 2.81. The Morgan fingerprint density at radius 1 is 1.62 bits per heavy atom. The maximum absolute atomic E-state index is 13.2. The van der Waals surface area contributed by atoms with Gasteiger partial charge in [0.2, 0.25) is 0 Å². The van der Waals surface area contributed by atoms with Crippen LogP contribution in [0.4, 0.5) is 10.1 Å². The first-order valence-corrected chi connectivity index (χ1v) is 3.80. The number of carboxylic acids is 1. The molecule has 3 nitrogen and oxygen atoms in total. The monoisotopic (exact) mass is 183 g/mol. The molecule has 70 valence electrons. The fourth-order valence-electron chi connectivity index (χ4n) is 1.04. The van der Waals surface area contributed by atoms with Crippen molar-refractivity contribution in [3.8, 4) is 0 Å². The van der Waals surface area contributed by atoms with Gasteiger partial charge in [-0.2, -0.15) is 0 Å². The number of nitrogen functional groups attached to an aromatic ring is 1. The van der Waals surface area contributed by atoms with Gasteiger partial charge in [0.1, 0.15) is 5.82 Å². The van der Waals surface area contributed by atoms with Crippen LogP contribution < -0.4 is 5.73 Å². The predicted molar refractivity (Wildman–Crippen MR) is 46.9 cm³/mol. The Kier molecular flexibility index (Phi) is 2.51. The van der Waals surface area contributed by atoms with Crippen molar-refractivity contribution >= 4 is 11.7 Å². The van der Waals surface area contributed by atoms with Gasteiger partial charge >= 0.3 is 5.97 Å². The Balaban J connectivity index is 3.15. The molecule has 0 aliphatic rings. The summed E-state index contributed by atoms with van der Waals surface area (Å²) in [7, 11) is 0. The smallest absolute Gasteiger partial charge is 0.310 e. The van der Waals surface area contributed by atoms with Crippen LogP contribution in [-0.2, 0) is 4.79 Å². The van der Waals surface area contributed by atoms with Crippen LogP contribution in [0.2, 0.25) is 0 Å². The van der Waals surface area contributed by atoms with E-state index in [9.17, 15) is 9.18 Å². The first-order valence-electron chi connectivity index (χ1n) is 3.80. The van der Waals surface area contributed by atoms with Gasteiger partial charge in [0.05, 0.1) is 11.6 Å². The molecule has 0 radical (unpaired) electrons. The lowest BCUT2D eigenvalue weighted by atomic mass is 10.0. The molecule has 4 heteroatoms. The molecule has 13 heavy (non-hydrogen) atoms. The summed E-state index contributed by atoms with van der Waals surface area (Å²) in [5.74, 6) is -2.58. The largest absolute Gasteiger partial charge is 0.481 e. The number of aliphatic carboxylic acids is 1. The Labute approximate surface area is 75.0 Å². The number of hydrogen-bond acceptors (Lipinski definition) is 2. The number of nitrogens with two attached hydrogens (primary N) is 1. The molecule has 3 N–H and O–H groups in total. The van der Waals surface area contributed by atoms with E-state index in [0.717, 1.165) is 0 Å². The molecule has 0 spiro atoms. The Bertz CT molecular complexity index is 338. The minimum absolute atomic E-state index is 0.0226. The molecule has 0 fully saturated rings. The summed E-state index contributed by atoms with van der Waals surface area (Å²) in [6.45, 7) is 1.42. The number of hydrogen-bond donors (Lipinski definition) is 2. The maximum atomic E-state index is 13.2. The summed E-state index contributed by atoms with van der Waals surface area (Å²) in [4.78, 5) is 10.6. The molecular formula is C9H10FNO2. The fraction of sp³-hybridized carbons (Fsp3) is 0.222. The molecule has 0 amide bonds. The molecule has 0 bridgehead atoms. The van der Waals surface area contributed by atoms with Gasteiger partial charge in [-0.1, -0.05) is 12.1 Å². The number of rotatable bonds is 2. The highest BCUT2D eigenvalue weighted by Gasteiger charge is 2.18. The first kappa shape index (κ1) is 9.51. The van der Waals surface area contributed by atoms with Gasteiger partial charge in [0.25, 0.3) is 0 Å². The predicted octanol–water partition coefficient (Wildman–Crippen LogP) is 1.60. The molecule has 1 atom stereocenters. The quantitative estimate of drug-likeness (QED) is 0.684. The van der Waals surface area contributed by atoms with Crippen molar-refractivity contribution in [2.75, 3.05) is 5.73 Å². The van der Waals surface area contributed by atoms with Crippen LogP contribution in [-0.4, -0.2) is 11.1 Å². The van der Waals surface area contributed by atoms with Crippen molar-refractivity contribution in [3.63, 3.8) is 0 Å². The second kappa shape index (κ2) is 3.43. The minimum Gasteiger partial charge on any atom is -0.481 e. The van der Waals surface area contributed by atoms with Crippen LogP contribution in [0, 0.1) is 5.82 Å². The van der Waals surface area contributed by atoms with E-state index in [0.29, 0.717) is 0 Å². The molecule has 0 aromatic heterocycles. The average Bonchev–Trinajstić information content (AvgIpc) is 2.08. The van der Waals surface area contributed by atoms with Crippen LogP contribution in [0.3, 0.4) is 0 Å². The summed E-state index contributed by atoms with van der Waals surface area (Å²) < 4.78 is 13.2. The minimum atomic E-state index is -1.07. The van der Waals surface area contributed by atoms with Crippen LogP contribution in [0.5, 0.6) is 0 Å². The molecule has 1 aromatic rings. The molecule has 1 unspecified atom stereocenters. The zero-order valence-corrected chi connectivity index (χ0v) is 7.12. The van der Waals surface area contributed by atoms with Crippen LogP contribution in [0.15, 0.2) is 18.2 Å². The van der Waals surface area contributed by atoms with Crippen LogP contribution in [0.1, 0.15) is 18.4 Å². The highest BCUT2D eigenvalue weighted by Crippen LogP contribution is 2.22. The maximum Gasteiger partial charge on any atom is 0.310 e. The third kappa shape index (κ3) is 1.77. The van der Waals surface area contributed by atoms with Crippen molar-refractivity contribution in [2.45, 2.75) is 12.8 Å². The van der Waals surface area contributed by atoms with Crippen LogP contribution >= 0.6 is 0 Å². The molecule has 0 aliphatic carbocycles. The lowest BCUT2D eigenvalue weighted by molar-refractivity contribution is -0.138. The summed E-state index contributed by atoms with van der Waals surface area (Å²) in [6.07, 6.45) is 0. The van der Waals surface area contributed by atoms with Gasteiger partial charge in [-0.15, -0.1) is 0 Å². The van der Waals surface area contributed by atoms with E-state index in [1.54, 1.807) is 0 Å². The van der Waals surface area contributed by atoms with Gasteiger partial charge in [0.15, 0.2) is 0 Å². The molecular weight excluding hydrogens is 173 g/mol. The van der Waals surface area contributed by atoms with Gasteiger partial charge in [0, 0.05) is 5.56 Å². The molecule has 0 aliphatic heterocycles. The zero-order chi connectivity index (χ0) is 10.0. The van der Waals surface area contributed by atoms with E-state index in [-0.39, 0.29) is 11.3 Å². The number of carboxylic acid groups (broad SMARTS) is 1. The molecule has 1 rings (SSSR count). The van der Waals surface area contributed by atoms with Crippen molar-refractivity contribution in [1.29, 1.82) is 0 Å². The third-order valence-electron chi connectivity index (χ3n) is 1.90. The summed E-state index contributed by atoms with van der Waals surface area (Å²) in [5.41, 5.74) is 5.39. The van der Waals surface area contributed by atoms with Gasteiger partial charge in [-0.05, 0) is 13.0 Å². The van der Waals surface area contributed by atoms with Gasteiger partial charge in [-0.3, -0.25) is 4.79 Å². The molecule has 0 heterocycles. The first-order chi connectivity index (χ1) is 6.04. The summed E-state index contributed by atoms with van der Waals surface area (Å²) >= 11 is 0. The lowest BCUT2D eigenvalue weighted by Gasteiger charge is -2.08. The van der Waals surface area contributed by atoms with E-state index in [1.807, 2.05) is 0 Å². The summed E-state index contributed by atoms with van der Waals surface area (Å²) in [6, 6.07) is 4.35. The standard InChI is InChI=1S/C9H10FNO2/c1-5(9(12)13)6-3-2-4-7(11)8(6)10/h2-5H,11H2,1H3,(H,12,13). The normalized spacial score (nSPS) is 12.5. The topological polar surface area (TPSA) is 63.3 Å². The van der Waals surface area contributed by atoms with Gasteiger partial charge < -0.3 is 10.8 Å².